The minimum absolute atomic E-state index is 0.0187. The summed E-state index contributed by atoms with van der Waals surface area (Å²) in [4.78, 5) is 11.9. The van der Waals surface area contributed by atoms with E-state index in [4.69, 9.17) is 0 Å². The van der Waals surface area contributed by atoms with E-state index in [-0.39, 0.29) is 12.5 Å². The first-order valence-electron chi connectivity index (χ1n) is 9.01. The number of carbonyl (C=O) groups excluding carboxylic acids is 1. The maximum Gasteiger partial charge on any atom is 0.239 e. The number of amides is 1. The zero-order valence-corrected chi connectivity index (χ0v) is 14.8. The number of hydrogen-bond donors (Lipinski definition) is 2. The van der Waals surface area contributed by atoms with Crippen LogP contribution in [0.4, 0.5) is 5.69 Å². The summed E-state index contributed by atoms with van der Waals surface area (Å²) in [5.41, 5.74) is 4.61. The molecule has 0 saturated carbocycles. The molecule has 3 aromatic rings. The molecule has 0 saturated heterocycles. The van der Waals surface area contributed by atoms with E-state index in [0.717, 1.165) is 18.5 Å². The van der Waals surface area contributed by atoms with E-state index in [1.54, 1.807) is 0 Å². The molecule has 0 spiro atoms. The van der Waals surface area contributed by atoms with Crippen molar-refractivity contribution in [1.29, 1.82) is 0 Å². The molecule has 132 valence electrons. The third-order valence-corrected chi connectivity index (χ3v) is 4.25. The second-order valence-electron chi connectivity index (χ2n) is 6.24. The van der Waals surface area contributed by atoms with Gasteiger partial charge in [-0.1, -0.05) is 72.8 Å². The molecule has 0 fully saturated rings. The maximum absolute atomic E-state index is 11.9. The maximum atomic E-state index is 11.9. The Labute approximate surface area is 155 Å². The van der Waals surface area contributed by atoms with Crippen molar-refractivity contribution in [3.05, 3.63) is 90.5 Å². The van der Waals surface area contributed by atoms with Gasteiger partial charge in [-0.3, -0.25) is 4.79 Å². The standard InChI is InChI=1S/C23H24N2O/c26-23(24-17-7-10-19-8-3-1-4-9-19)18-25-22-15-13-21(14-16-22)20-11-5-2-6-12-20/h1-6,8-9,11-16,25H,7,10,17-18H2,(H,24,26). The van der Waals surface area contributed by atoms with Gasteiger partial charge in [0.15, 0.2) is 0 Å². The quantitative estimate of drug-likeness (QED) is 0.590. The van der Waals surface area contributed by atoms with E-state index in [1.165, 1.54) is 16.7 Å². The summed E-state index contributed by atoms with van der Waals surface area (Å²) in [6.07, 6.45) is 1.93. The van der Waals surface area contributed by atoms with Crippen LogP contribution in [-0.4, -0.2) is 19.0 Å². The Balaban J connectivity index is 1.37. The third-order valence-electron chi connectivity index (χ3n) is 4.25. The molecule has 0 bridgehead atoms. The van der Waals surface area contributed by atoms with Crippen LogP contribution in [0.1, 0.15) is 12.0 Å². The lowest BCUT2D eigenvalue weighted by Gasteiger charge is -2.09. The largest absolute Gasteiger partial charge is 0.376 e. The molecule has 0 aromatic heterocycles. The summed E-state index contributed by atoms with van der Waals surface area (Å²) < 4.78 is 0. The van der Waals surface area contributed by atoms with Crippen molar-refractivity contribution in [3.8, 4) is 11.1 Å². The van der Waals surface area contributed by atoms with E-state index in [0.29, 0.717) is 6.54 Å². The van der Waals surface area contributed by atoms with Gasteiger partial charge in [0.1, 0.15) is 0 Å². The van der Waals surface area contributed by atoms with E-state index in [9.17, 15) is 4.79 Å². The van der Waals surface area contributed by atoms with Crippen molar-refractivity contribution in [2.75, 3.05) is 18.4 Å². The Morgan fingerprint density at radius 3 is 2.04 bits per heavy atom. The van der Waals surface area contributed by atoms with Crippen LogP contribution in [-0.2, 0) is 11.2 Å². The van der Waals surface area contributed by atoms with E-state index >= 15 is 0 Å². The second kappa shape index (κ2) is 9.42. The van der Waals surface area contributed by atoms with Gasteiger partial charge in [-0.15, -0.1) is 0 Å². The lowest BCUT2D eigenvalue weighted by molar-refractivity contribution is -0.119. The van der Waals surface area contributed by atoms with Crippen LogP contribution < -0.4 is 10.6 Å². The van der Waals surface area contributed by atoms with Crippen LogP contribution in [0.3, 0.4) is 0 Å². The summed E-state index contributed by atoms with van der Waals surface area (Å²) >= 11 is 0. The molecular weight excluding hydrogens is 320 g/mol. The SMILES string of the molecule is O=C(CNc1ccc(-c2ccccc2)cc1)NCCCc1ccccc1. The summed E-state index contributed by atoms with van der Waals surface area (Å²) in [5, 5.41) is 6.13. The number of anilines is 1. The van der Waals surface area contributed by atoms with E-state index < -0.39 is 0 Å². The van der Waals surface area contributed by atoms with Crippen LogP contribution in [0.25, 0.3) is 11.1 Å². The number of nitrogens with one attached hydrogen (secondary N) is 2. The normalized spacial score (nSPS) is 10.3. The van der Waals surface area contributed by atoms with Gasteiger partial charge < -0.3 is 10.6 Å². The summed E-state index contributed by atoms with van der Waals surface area (Å²) in [7, 11) is 0. The van der Waals surface area contributed by atoms with Gasteiger partial charge >= 0.3 is 0 Å². The first-order valence-corrected chi connectivity index (χ1v) is 9.01. The van der Waals surface area contributed by atoms with Crippen molar-refractivity contribution >= 4 is 11.6 Å². The summed E-state index contributed by atoms with van der Waals surface area (Å²) in [6, 6.07) is 28.7. The Morgan fingerprint density at radius 1 is 0.731 bits per heavy atom. The molecular formula is C23H24N2O. The van der Waals surface area contributed by atoms with Crippen LogP contribution in [0.15, 0.2) is 84.9 Å². The number of rotatable bonds is 8. The first-order chi connectivity index (χ1) is 12.8. The van der Waals surface area contributed by atoms with Crippen molar-refractivity contribution in [2.24, 2.45) is 0 Å². The predicted molar refractivity (Wildman–Crippen MR) is 108 cm³/mol. The average molecular weight is 344 g/mol. The molecule has 0 radical (unpaired) electrons. The Morgan fingerprint density at radius 2 is 1.35 bits per heavy atom. The fourth-order valence-corrected chi connectivity index (χ4v) is 2.82. The molecule has 2 N–H and O–H groups in total. The van der Waals surface area contributed by atoms with Gasteiger partial charge in [-0.2, -0.15) is 0 Å². The highest BCUT2D eigenvalue weighted by Crippen LogP contribution is 2.20. The van der Waals surface area contributed by atoms with E-state index in [1.807, 2.05) is 48.5 Å². The molecule has 3 aromatic carbocycles. The molecule has 0 atom stereocenters. The third kappa shape index (κ3) is 5.49. The molecule has 0 aliphatic rings. The first kappa shape index (κ1) is 17.7. The van der Waals surface area contributed by atoms with Crippen LogP contribution >= 0.6 is 0 Å². The van der Waals surface area contributed by atoms with Gasteiger partial charge in [0, 0.05) is 12.2 Å². The average Bonchev–Trinajstić information content (AvgIpc) is 2.71. The molecule has 3 rings (SSSR count). The molecule has 3 heteroatoms. The zero-order valence-electron chi connectivity index (χ0n) is 14.8. The predicted octanol–water partition coefficient (Wildman–Crippen LogP) is 4.51. The van der Waals surface area contributed by atoms with Crippen molar-refractivity contribution in [3.63, 3.8) is 0 Å². The molecule has 3 nitrogen and oxygen atoms in total. The molecule has 0 aliphatic heterocycles. The smallest absolute Gasteiger partial charge is 0.239 e. The van der Waals surface area contributed by atoms with Gasteiger partial charge in [-0.05, 0) is 41.7 Å². The van der Waals surface area contributed by atoms with Gasteiger partial charge in [0.05, 0.1) is 6.54 Å². The van der Waals surface area contributed by atoms with E-state index in [2.05, 4.69) is 47.0 Å². The van der Waals surface area contributed by atoms with Crippen molar-refractivity contribution in [1.82, 2.24) is 5.32 Å². The highest BCUT2D eigenvalue weighted by molar-refractivity contribution is 5.80. The monoisotopic (exact) mass is 344 g/mol. The van der Waals surface area contributed by atoms with Crippen LogP contribution in [0.5, 0.6) is 0 Å². The topological polar surface area (TPSA) is 41.1 Å². The van der Waals surface area contributed by atoms with Crippen molar-refractivity contribution in [2.45, 2.75) is 12.8 Å². The fraction of sp³-hybridized carbons (Fsp3) is 0.174. The number of aryl methyl sites for hydroxylation is 1. The second-order valence-corrected chi connectivity index (χ2v) is 6.24. The Bertz CT molecular complexity index is 799. The molecule has 26 heavy (non-hydrogen) atoms. The minimum atomic E-state index is 0.0187. The van der Waals surface area contributed by atoms with Gasteiger partial charge in [0.25, 0.3) is 0 Å². The van der Waals surface area contributed by atoms with Crippen LogP contribution in [0, 0.1) is 0 Å². The summed E-state index contributed by atoms with van der Waals surface area (Å²) in [6.45, 7) is 0.984. The number of benzene rings is 3. The summed E-state index contributed by atoms with van der Waals surface area (Å²) in [5.74, 6) is 0.0187. The Hall–Kier alpha value is -3.07. The highest BCUT2D eigenvalue weighted by Gasteiger charge is 2.02. The van der Waals surface area contributed by atoms with Crippen molar-refractivity contribution < 1.29 is 4.79 Å². The van der Waals surface area contributed by atoms with Gasteiger partial charge in [0.2, 0.25) is 5.91 Å². The fourth-order valence-electron chi connectivity index (χ4n) is 2.82. The van der Waals surface area contributed by atoms with Crippen LogP contribution in [0.2, 0.25) is 0 Å². The number of carbonyl (C=O) groups is 1. The minimum Gasteiger partial charge on any atom is -0.376 e. The lowest BCUT2D eigenvalue weighted by atomic mass is 10.1. The highest BCUT2D eigenvalue weighted by atomic mass is 16.1. The zero-order chi connectivity index (χ0) is 18.0. The van der Waals surface area contributed by atoms with Gasteiger partial charge in [-0.25, -0.2) is 0 Å². The molecule has 0 unspecified atom stereocenters. The number of hydrogen-bond acceptors (Lipinski definition) is 2. The molecule has 0 heterocycles. The lowest BCUT2D eigenvalue weighted by Crippen LogP contribution is -2.30. The molecule has 1 amide bonds. The molecule has 0 aliphatic carbocycles. The Kier molecular flexibility index (Phi) is 6.43.